The van der Waals surface area contributed by atoms with E-state index in [0.717, 1.165) is 25.9 Å². The van der Waals surface area contributed by atoms with Gasteiger partial charge in [0.1, 0.15) is 0 Å². The van der Waals surface area contributed by atoms with Gasteiger partial charge in [0.05, 0.1) is 6.20 Å². The van der Waals surface area contributed by atoms with Gasteiger partial charge >= 0.3 is 0 Å². The van der Waals surface area contributed by atoms with Crippen molar-refractivity contribution >= 4 is 11.6 Å². The maximum atomic E-state index is 11.7. The SMILES string of the molecule is O=C(NCCN1CCCc2ccccc21)c1cn[nH]n1. The molecule has 104 valence electrons. The maximum absolute atomic E-state index is 11.7. The van der Waals surface area contributed by atoms with Gasteiger partial charge in [0, 0.05) is 25.3 Å². The van der Waals surface area contributed by atoms with E-state index in [2.05, 4.69) is 49.9 Å². The molecule has 1 aliphatic heterocycles. The number of fused-ring (bicyclic) bond motifs is 1. The van der Waals surface area contributed by atoms with Crippen LogP contribution in [-0.2, 0) is 6.42 Å². The third-order valence-electron chi connectivity index (χ3n) is 3.52. The van der Waals surface area contributed by atoms with Crippen LogP contribution in [0.5, 0.6) is 0 Å². The fraction of sp³-hybridized carbons (Fsp3) is 0.357. The quantitative estimate of drug-likeness (QED) is 0.869. The molecule has 1 aromatic carbocycles. The minimum Gasteiger partial charge on any atom is -0.370 e. The topological polar surface area (TPSA) is 73.9 Å². The molecule has 0 saturated heterocycles. The zero-order chi connectivity index (χ0) is 13.8. The molecule has 3 rings (SSSR count). The van der Waals surface area contributed by atoms with Crippen LogP contribution in [0.1, 0.15) is 22.5 Å². The highest BCUT2D eigenvalue weighted by Crippen LogP contribution is 2.25. The molecule has 2 aromatic rings. The molecule has 0 bridgehead atoms. The van der Waals surface area contributed by atoms with E-state index < -0.39 is 0 Å². The predicted octanol–water partition coefficient (Wildman–Crippen LogP) is 0.987. The summed E-state index contributed by atoms with van der Waals surface area (Å²) in [5.74, 6) is -0.191. The van der Waals surface area contributed by atoms with E-state index in [-0.39, 0.29) is 5.91 Å². The lowest BCUT2D eigenvalue weighted by atomic mass is 10.0. The number of amides is 1. The summed E-state index contributed by atoms with van der Waals surface area (Å²) in [6.45, 7) is 2.44. The second-order valence-corrected chi connectivity index (χ2v) is 4.83. The van der Waals surface area contributed by atoms with Gasteiger partial charge in [-0.1, -0.05) is 18.2 Å². The molecule has 0 saturated carbocycles. The van der Waals surface area contributed by atoms with Gasteiger partial charge < -0.3 is 10.2 Å². The zero-order valence-electron chi connectivity index (χ0n) is 11.2. The van der Waals surface area contributed by atoms with Gasteiger partial charge in [-0.2, -0.15) is 15.4 Å². The van der Waals surface area contributed by atoms with Crippen LogP contribution in [0, 0.1) is 0 Å². The largest absolute Gasteiger partial charge is 0.370 e. The number of aryl methyl sites for hydroxylation is 1. The van der Waals surface area contributed by atoms with Crippen molar-refractivity contribution in [2.75, 3.05) is 24.5 Å². The van der Waals surface area contributed by atoms with E-state index in [1.54, 1.807) is 0 Å². The van der Waals surface area contributed by atoms with Crippen LogP contribution in [0.4, 0.5) is 5.69 Å². The highest BCUT2D eigenvalue weighted by Gasteiger charge is 2.16. The number of aromatic amines is 1. The summed E-state index contributed by atoms with van der Waals surface area (Å²) in [6.07, 6.45) is 3.72. The number of anilines is 1. The first-order valence-corrected chi connectivity index (χ1v) is 6.81. The molecule has 2 N–H and O–H groups in total. The molecule has 0 aliphatic carbocycles. The van der Waals surface area contributed by atoms with Gasteiger partial charge in [0.2, 0.25) is 0 Å². The minimum absolute atomic E-state index is 0.191. The Balaban J connectivity index is 1.56. The van der Waals surface area contributed by atoms with Gasteiger partial charge in [-0.15, -0.1) is 0 Å². The first-order chi connectivity index (χ1) is 9.84. The van der Waals surface area contributed by atoms with Gasteiger partial charge in [-0.3, -0.25) is 4.79 Å². The van der Waals surface area contributed by atoms with Crippen LogP contribution < -0.4 is 10.2 Å². The number of hydrogen-bond acceptors (Lipinski definition) is 4. The lowest BCUT2D eigenvalue weighted by Gasteiger charge is -2.31. The van der Waals surface area contributed by atoms with Gasteiger partial charge in [-0.05, 0) is 24.5 Å². The monoisotopic (exact) mass is 271 g/mol. The Bertz CT molecular complexity index is 581. The van der Waals surface area contributed by atoms with Crippen LogP contribution in [0.15, 0.2) is 30.5 Å². The summed E-state index contributed by atoms with van der Waals surface area (Å²) in [7, 11) is 0. The molecule has 0 unspecified atom stereocenters. The van der Waals surface area contributed by atoms with Crippen LogP contribution >= 0.6 is 0 Å². The number of H-pyrrole nitrogens is 1. The van der Waals surface area contributed by atoms with Crippen molar-refractivity contribution in [1.82, 2.24) is 20.7 Å². The van der Waals surface area contributed by atoms with Gasteiger partial charge in [0.25, 0.3) is 5.91 Å². The Morgan fingerprint density at radius 3 is 3.15 bits per heavy atom. The molecule has 1 aromatic heterocycles. The highest BCUT2D eigenvalue weighted by atomic mass is 16.1. The molecule has 1 aliphatic rings. The summed E-state index contributed by atoms with van der Waals surface area (Å²) in [5.41, 5.74) is 3.00. The molecule has 0 radical (unpaired) electrons. The first-order valence-electron chi connectivity index (χ1n) is 6.81. The van der Waals surface area contributed by atoms with E-state index in [1.165, 1.54) is 17.4 Å². The van der Waals surface area contributed by atoms with Crippen molar-refractivity contribution in [2.45, 2.75) is 12.8 Å². The summed E-state index contributed by atoms with van der Waals surface area (Å²) < 4.78 is 0. The van der Waals surface area contributed by atoms with Crippen LogP contribution in [0.2, 0.25) is 0 Å². The molecule has 20 heavy (non-hydrogen) atoms. The number of hydrogen-bond donors (Lipinski definition) is 2. The molecule has 0 fully saturated rings. The maximum Gasteiger partial charge on any atom is 0.273 e. The Hall–Kier alpha value is -2.37. The predicted molar refractivity (Wildman–Crippen MR) is 75.7 cm³/mol. The number of aromatic nitrogens is 3. The number of rotatable bonds is 4. The average Bonchev–Trinajstić information content (AvgIpc) is 3.02. The van der Waals surface area contributed by atoms with Crippen molar-refractivity contribution in [3.63, 3.8) is 0 Å². The minimum atomic E-state index is -0.191. The normalized spacial score (nSPS) is 13.9. The van der Waals surface area contributed by atoms with Crippen LogP contribution in [0.3, 0.4) is 0 Å². The summed E-state index contributed by atoms with van der Waals surface area (Å²) in [5, 5.41) is 12.7. The Morgan fingerprint density at radius 1 is 1.40 bits per heavy atom. The van der Waals surface area contributed by atoms with E-state index >= 15 is 0 Å². The number of benzene rings is 1. The molecule has 0 spiro atoms. The zero-order valence-corrected chi connectivity index (χ0v) is 11.2. The second kappa shape index (κ2) is 5.73. The molecule has 0 atom stereocenters. The molecule has 6 nitrogen and oxygen atoms in total. The molecule has 6 heteroatoms. The smallest absolute Gasteiger partial charge is 0.273 e. The van der Waals surface area contributed by atoms with E-state index in [1.807, 2.05) is 0 Å². The fourth-order valence-electron chi connectivity index (χ4n) is 2.55. The lowest BCUT2D eigenvalue weighted by molar-refractivity contribution is 0.0949. The van der Waals surface area contributed by atoms with E-state index in [4.69, 9.17) is 0 Å². The van der Waals surface area contributed by atoms with Crippen molar-refractivity contribution < 1.29 is 4.79 Å². The van der Waals surface area contributed by atoms with Crippen molar-refractivity contribution in [3.05, 3.63) is 41.7 Å². The van der Waals surface area contributed by atoms with E-state index in [9.17, 15) is 4.79 Å². The molecule has 1 amide bonds. The van der Waals surface area contributed by atoms with E-state index in [0.29, 0.717) is 12.2 Å². The molecular formula is C14H17N5O. The number of nitrogens with one attached hydrogen (secondary N) is 2. The van der Waals surface area contributed by atoms with Crippen molar-refractivity contribution in [2.24, 2.45) is 0 Å². The summed E-state index contributed by atoms with van der Waals surface area (Å²) in [6, 6.07) is 8.46. The molecule has 2 heterocycles. The summed E-state index contributed by atoms with van der Waals surface area (Å²) >= 11 is 0. The van der Waals surface area contributed by atoms with Gasteiger partial charge in [0.15, 0.2) is 5.69 Å². The average molecular weight is 271 g/mol. The van der Waals surface area contributed by atoms with Crippen molar-refractivity contribution in [1.29, 1.82) is 0 Å². The number of para-hydroxylation sites is 1. The number of carbonyl (C=O) groups excluding carboxylic acids is 1. The highest BCUT2D eigenvalue weighted by molar-refractivity contribution is 5.91. The van der Waals surface area contributed by atoms with Crippen LogP contribution in [0.25, 0.3) is 0 Å². The third-order valence-corrected chi connectivity index (χ3v) is 3.52. The second-order valence-electron chi connectivity index (χ2n) is 4.83. The molecular weight excluding hydrogens is 254 g/mol. The standard InChI is InChI=1S/C14H17N5O/c20-14(12-10-16-18-17-12)15-7-9-19-8-3-5-11-4-1-2-6-13(11)19/h1-2,4,6,10H,3,5,7-9H2,(H,15,20)(H,16,17,18). The Morgan fingerprint density at radius 2 is 2.30 bits per heavy atom. The van der Waals surface area contributed by atoms with Gasteiger partial charge in [-0.25, -0.2) is 0 Å². The first kappa shape index (κ1) is 12.7. The fourth-order valence-corrected chi connectivity index (χ4v) is 2.55. The Kier molecular flexibility index (Phi) is 3.62. The lowest BCUT2D eigenvalue weighted by Crippen LogP contribution is -2.37. The van der Waals surface area contributed by atoms with Crippen LogP contribution in [-0.4, -0.2) is 41.0 Å². The third kappa shape index (κ3) is 2.64. The number of nitrogens with zero attached hydrogens (tertiary/aromatic N) is 3. The Labute approximate surface area is 117 Å². The van der Waals surface area contributed by atoms with Crippen molar-refractivity contribution in [3.8, 4) is 0 Å². The summed E-state index contributed by atoms with van der Waals surface area (Å²) in [4.78, 5) is 14.1. The number of carbonyl (C=O) groups is 1.